The first-order chi connectivity index (χ1) is 23.8. The van der Waals surface area contributed by atoms with Crippen molar-refractivity contribution < 1.29 is 38.1 Å². The smallest absolute Gasteiger partial charge is 0.335 e. The van der Waals surface area contributed by atoms with E-state index < -0.39 is 29.3 Å². The highest BCUT2D eigenvalue weighted by Crippen LogP contribution is 2.57. The zero-order valence-corrected chi connectivity index (χ0v) is 27.5. The first kappa shape index (κ1) is 34.1. The molecule has 0 fully saturated rings. The highest BCUT2D eigenvalue weighted by atomic mass is 16.6. The summed E-state index contributed by atoms with van der Waals surface area (Å²) in [7, 11) is 0. The van der Waals surface area contributed by atoms with Crippen molar-refractivity contribution in [3.8, 4) is 34.1 Å². The zero-order valence-electron chi connectivity index (χ0n) is 27.5. The van der Waals surface area contributed by atoms with E-state index in [2.05, 4.69) is 0 Å². The Balaban J connectivity index is 1.83. The Morgan fingerprint density at radius 1 is 0.449 bits per heavy atom. The molecule has 0 N–H and O–H groups in total. The van der Waals surface area contributed by atoms with Crippen LogP contribution in [0.2, 0.25) is 0 Å². The third-order valence-electron chi connectivity index (χ3n) is 7.76. The number of allylic oxidation sites excluding steroid dienone is 4. The molecule has 8 heteroatoms. The van der Waals surface area contributed by atoms with Crippen LogP contribution >= 0.6 is 0 Å². The van der Waals surface area contributed by atoms with Crippen LogP contribution in [0.15, 0.2) is 134 Å². The fourth-order valence-electron chi connectivity index (χ4n) is 5.95. The van der Waals surface area contributed by atoms with Gasteiger partial charge in [-0.1, -0.05) is 85.0 Å². The molecule has 0 spiro atoms. The van der Waals surface area contributed by atoms with Crippen molar-refractivity contribution in [1.29, 1.82) is 0 Å². The molecule has 4 aromatic rings. The molecule has 0 atom stereocenters. The van der Waals surface area contributed by atoms with E-state index >= 15 is 0 Å². The molecule has 4 aromatic carbocycles. The normalized spacial score (nSPS) is 13.1. The maximum Gasteiger partial charge on any atom is 0.335 e. The van der Waals surface area contributed by atoms with E-state index in [9.17, 15) is 19.2 Å². The fraction of sp³-hybridized carbons (Fsp3) is 0.122. The molecule has 0 unspecified atom stereocenters. The summed E-state index contributed by atoms with van der Waals surface area (Å²) >= 11 is 0. The molecule has 0 saturated heterocycles. The molecule has 0 aromatic heterocycles. The van der Waals surface area contributed by atoms with Crippen LogP contribution in [-0.4, -0.2) is 23.9 Å². The minimum atomic E-state index is -1.07. The lowest BCUT2D eigenvalue weighted by Crippen LogP contribution is -2.29. The number of carbonyl (C=O) groups is 4. The number of carbonyl (C=O) groups excluding carboxylic acids is 4. The highest BCUT2D eigenvalue weighted by molar-refractivity contribution is 5.90. The predicted molar refractivity (Wildman–Crippen MR) is 186 cm³/mol. The van der Waals surface area contributed by atoms with Crippen molar-refractivity contribution in [2.75, 3.05) is 0 Å². The number of rotatable bonds is 10. The number of ether oxygens (including phenoxy) is 4. The van der Waals surface area contributed by atoms with Crippen LogP contribution in [0.3, 0.4) is 0 Å². The minimum absolute atomic E-state index is 0.0244. The molecule has 8 nitrogen and oxygen atoms in total. The van der Waals surface area contributed by atoms with E-state index in [1.54, 1.807) is 88.4 Å². The van der Waals surface area contributed by atoms with Crippen LogP contribution in [0.5, 0.6) is 23.0 Å². The Bertz CT molecular complexity index is 1900. The van der Waals surface area contributed by atoms with Crippen LogP contribution in [0.25, 0.3) is 11.1 Å². The number of hydrogen-bond acceptors (Lipinski definition) is 8. The Kier molecular flexibility index (Phi) is 10.5. The number of benzene rings is 4. The molecule has 0 bridgehead atoms. The lowest BCUT2D eigenvalue weighted by atomic mass is 9.67. The van der Waals surface area contributed by atoms with Crippen LogP contribution < -0.4 is 18.9 Å². The van der Waals surface area contributed by atoms with Gasteiger partial charge in [-0.15, -0.1) is 0 Å². The lowest BCUT2D eigenvalue weighted by Gasteiger charge is -2.34. The third kappa shape index (κ3) is 6.89. The van der Waals surface area contributed by atoms with Gasteiger partial charge in [0.2, 0.25) is 0 Å². The van der Waals surface area contributed by atoms with Gasteiger partial charge in [0.05, 0.1) is 5.41 Å². The summed E-state index contributed by atoms with van der Waals surface area (Å²) in [6.07, 6.45) is 11.2. The molecule has 0 heterocycles. The predicted octanol–water partition coefficient (Wildman–Crippen LogP) is 7.98. The van der Waals surface area contributed by atoms with Gasteiger partial charge in [0, 0.05) is 24.3 Å². The molecular formula is C41H34O8. The van der Waals surface area contributed by atoms with E-state index in [0.717, 1.165) is 22.3 Å². The summed E-state index contributed by atoms with van der Waals surface area (Å²) in [5, 5.41) is 0. The summed E-state index contributed by atoms with van der Waals surface area (Å²) in [5.74, 6) is -2.45. The van der Waals surface area contributed by atoms with Gasteiger partial charge in [-0.25, -0.2) is 19.2 Å². The van der Waals surface area contributed by atoms with Crippen molar-refractivity contribution in [2.45, 2.75) is 33.1 Å². The quantitative estimate of drug-likeness (QED) is 0.0848. The van der Waals surface area contributed by atoms with Gasteiger partial charge < -0.3 is 18.9 Å². The summed E-state index contributed by atoms with van der Waals surface area (Å²) in [6.45, 7) is 6.75. The zero-order chi connectivity index (χ0) is 35.0. The summed E-state index contributed by atoms with van der Waals surface area (Å²) in [5.41, 5.74) is 3.95. The molecule has 0 saturated carbocycles. The third-order valence-corrected chi connectivity index (χ3v) is 7.76. The van der Waals surface area contributed by atoms with Crippen LogP contribution in [0, 0.1) is 0 Å². The van der Waals surface area contributed by atoms with Crippen molar-refractivity contribution in [3.63, 3.8) is 0 Å². The molecule has 49 heavy (non-hydrogen) atoms. The Hall–Kier alpha value is -6.28. The van der Waals surface area contributed by atoms with Gasteiger partial charge in [0.1, 0.15) is 0 Å². The average Bonchev–Trinajstić information content (AvgIpc) is 3.38. The van der Waals surface area contributed by atoms with Gasteiger partial charge in [-0.3, -0.25) is 0 Å². The van der Waals surface area contributed by atoms with Gasteiger partial charge in [-0.2, -0.15) is 0 Å². The van der Waals surface area contributed by atoms with E-state index in [0.29, 0.717) is 11.1 Å². The maximum absolute atomic E-state index is 12.8. The fourth-order valence-corrected chi connectivity index (χ4v) is 5.95. The SMILES string of the molecule is CC=CC(=O)Oc1ccc(C2(c3ccc(OC(=O)C=CC)c(OC(=O)C=CC)c3)c3ccccc3-c3ccccc32)cc1OC(=O)C=CC. The summed E-state index contributed by atoms with van der Waals surface area (Å²) < 4.78 is 22.6. The number of esters is 4. The van der Waals surface area contributed by atoms with Gasteiger partial charge in [0.15, 0.2) is 23.0 Å². The molecule has 0 radical (unpaired) electrons. The topological polar surface area (TPSA) is 105 Å². The second kappa shape index (κ2) is 15.1. The molecule has 246 valence electrons. The van der Waals surface area contributed by atoms with E-state index in [4.69, 9.17) is 18.9 Å². The monoisotopic (exact) mass is 654 g/mol. The standard InChI is InChI=1S/C41H34O8/c1-5-13-37(42)46-33-23-21-27(25-35(33)48-39(44)15-7-3)41(31-19-11-9-17-29(31)30-18-10-12-20-32(30)41)28-22-24-34(47-38(43)14-6-2)36(26-28)49-40(45)16-8-4/h5-26H,1-4H3. The van der Waals surface area contributed by atoms with Crippen LogP contribution in [0.4, 0.5) is 0 Å². The maximum atomic E-state index is 12.8. The molecule has 0 amide bonds. The number of fused-ring (bicyclic) bond motifs is 3. The first-order valence-electron chi connectivity index (χ1n) is 15.6. The second-order valence-electron chi connectivity index (χ2n) is 10.8. The Morgan fingerprint density at radius 2 is 0.776 bits per heavy atom. The molecule has 1 aliphatic carbocycles. The Labute approximate surface area is 284 Å². The molecule has 1 aliphatic rings. The average molecular weight is 655 g/mol. The summed E-state index contributed by atoms with van der Waals surface area (Å²) in [6, 6.07) is 25.9. The van der Waals surface area contributed by atoms with E-state index in [1.807, 2.05) is 48.5 Å². The summed E-state index contributed by atoms with van der Waals surface area (Å²) in [4.78, 5) is 50.5. The van der Waals surface area contributed by atoms with Gasteiger partial charge in [0.25, 0.3) is 0 Å². The number of hydrogen-bond donors (Lipinski definition) is 0. The van der Waals surface area contributed by atoms with Crippen molar-refractivity contribution in [1.82, 2.24) is 0 Å². The van der Waals surface area contributed by atoms with E-state index in [1.165, 1.54) is 24.3 Å². The second-order valence-corrected chi connectivity index (χ2v) is 10.8. The molecular weight excluding hydrogens is 620 g/mol. The van der Waals surface area contributed by atoms with Crippen LogP contribution in [0.1, 0.15) is 49.9 Å². The molecule has 5 rings (SSSR count). The van der Waals surface area contributed by atoms with Crippen molar-refractivity contribution in [3.05, 3.63) is 156 Å². The largest absolute Gasteiger partial charge is 0.419 e. The highest BCUT2D eigenvalue weighted by Gasteiger charge is 2.47. The minimum Gasteiger partial charge on any atom is -0.419 e. The van der Waals surface area contributed by atoms with Crippen LogP contribution in [-0.2, 0) is 24.6 Å². The van der Waals surface area contributed by atoms with Gasteiger partial charge >= 0.3 is 23.9 Å². The Morgan fingerprint density at radius 3 is 1.12 bits per heavy atom. The van der Waals surface area contributed by atoms with Crippen molar-refractivity contribution in [2.24, 2.45) is 0 Å². The van der Waals surface area contributed by atoms with Gasteiger partial charge in [-0.05, 0) is 85.3 Å². The van der Waals surface area contributed by atoms with E-state index in [-0.39, 0.29) is 23.0 Å². The molecule has 0 aliphatic heterocycles. The first-order valence-corrected chi connectivity index (χ1v) is 15.6. The lowest BCUT2D eigenvalue weighted by molar-refractivity contribution is -0.131. The van der Waals surface area contributed by atoms with Crippen molar-refractivity contribution >= 4 is 23.9 Å².